The molecule has 1 rings (SSSR count). The van der Waals surface area contributed by atoms with E-state index in [0.29, 0.717) is 12.0 Å². The maximum absolute atomic E-state index is 10.9. The molecule has 0 aromatic heterocycles. The van der Waals surface area contributed by atoms with Gasteiger partial charge < -0.3 is 10.1 Å². The Morgan fingerprint density at radius 3 is 2.56 bits per heavy atom. The van der Waals surface area contributed by atoms with Gasteiger partial charge in [0.25, 0.3) is 0 Å². The van der Waals surface area contributed by atoms with Crippen LogP contribution in [0.1, 0.15) is 36.0 Å². The van der Waals surface area contributed by atoms with Crippen molar-refractivity contribution in [3.8, 4) is 0 Å². The molecule has 0 fully saturated rings. The molecule has 0 bridgehead atoms. The van der Waals surface area contributed by atoms with Crippen molar-refractivity contribution in [2.24, 2.45) is 0 Å². The highest BCUT2D eigenvalue weighted by Crippen LogP contribution is 2.09. The van der Waals surface area contributed by atoms with Gasteiger partial charge in [-0.05, 0) is 37.1 Å². The number of nitrogens with one attached hydrogen (secondary N) is 1. The number of ether oxygens (including phenoxy) is 1. The lowest BCUT2D eigenvalue weighted by atomic mass is 10.2. The molecule has 0 radical (unpaired) electrons. The van der Waals surface area contributed by atoms with Crippen molar-refractivity contribution in [2.75, 3.05) is 19.0 Å². The first-order chi connectivity index (χ1) is 8.76. The summed E-state index contributed by atoms with van der Waals surface area (Å²) in [5, 5.41) is 3.27. The highest BCUT2D eigenvalue weighted by atomic mass is 16.5. The van der Waals surface area contributed by atoms with E-state index >= 15 is 0 Å². The van der Waals surface area contributed by atoms with Gasteiger partial charge >= 0.3 is 5.97 Å². The van der Waals surface area contributed by atoms with Gasteiger partial charge in [0.2, 0.25) is 0 Å². The van der Waals surface area contributed by atoms with Crippen molar-refractivity contribution in [1.82, 2.24) is 0 Å². The van der Waals surface area contributed by atoms with Gasteiger partial charge in [0, 0.05) is 24.2 Å². The molecule has 1 aromatic carbocycles. The second-order valence-corrected chi connectivity index (χ2v) is 4.05. The summed E-state index contributed by atoms with van der Waals surface area (Å²) in [5.74, 6) is -0.146. The summed E-state index contributed by atoms with van der Waals surface area (Å²) in [7, 11) is 1.41. The Morgan fingerprint density at radius 2 is 1.94 bits per heavy atom. The van der Waals surface area contributed by atoms with Gasteiger partial charge in [-0.2, -0.15) is 0 Å². The molecule has 98 valence electrons. The van der Waals surface area contributed by atoms with E-state index in [4.69, 9.17) is 0 Å². The Labute approximate surface area is 107 Å². The van der Waals surface area contributed by atoms with Gasteiger partial charge in [0.15, 0.2) is 0 Å². The quantitative estimate of drug-likeness (QED) is 0.437. The maximum atomic E-state index is 10.9. The lowest BCUT2D eigenvalue weighted by Crippen LogP contribution is -2.03. The summed E-state index contributed by atoms with van der Waals surface area (Å²) in [4.78, 5) is 21.3. The van der Waals surface area contributed by atoms with Gasteiger partial charge in [-0.25, -0.2) is 0 Å². The molecular formula is C14H19NO3. The zero-order valence-electron chi connectivity index (χ0n) is 10.6. The summed E-state index contributed by atoms with van der Waals surface area (Å²) in [6, 6.07) is 7.34. The van der Waals surface area contributed by atoms with Crippen molar-refractivity contribution in [1.29, 1.82) is 0 Å². The standard InChI is InChI=1S/C14H19NO3/c1-18-14(17)5-3-2-4-10-15-13-8-6-12(11-16)7-9-13/h6-9,11,15H,2-5,10H2,1H3. The van der Waals surface area contributed by atoms with E-state index in [1.807, 2.05) is 12.1 Å². The number of unbranched alkanes of at least 4 members (excludes halogenated alkanes) is 2. The lowest BCUT2D eigenvalue weighted by Gasteiger charge is -2.06. The van der Waals surface area contributed by atoms with Gasteiger partial charge in [-0.15, -0.1) is 0 Å². The minimum Gasteiger partial charge on any atom is -0.469 e. The molecule has 0 amide bonds. The number of benzene rings is 1. The number of aldehydes is 1. The number of carbonyl (C=O) groups is 2. The Morgan fingerprint density at radius 1 is 1.22 bits per heavy atom. The number of methoxy groups -OCH3 is 1. The van der Waals surface area contributed by atoms with Crippen molar-refractivity contribution in [2.45, 2.75) is 25.7 Å². The molecule has 0 atom stereocenters. The Kier molecular flexibility index (Phi) is 6.54. The van der Waals surface area contributed by atoms with Crippen LogP contribution in [0.25, 0.3) is 0 Å². The van der Waals surface area contributed by atoms with E-state index in [9.17, 15) is 9.59 Å². The van der Waals surface area contributed by atoms with E-state index in [2.05, 4.69) is 10.1 Å². The van der Waals surface area contributed by atoms with Crippen LogP contribution < -0.4 is 5.32 Å². The summed E-state index contributed by atoms with van der Waals surface area (Å²) in [6.45, 7) is 0.863. The second kappa shape index (κ2) is 8.28. The van der Waals surface area contributed by atoms with Gasteiger partial charge in [-0.1, -0.05) is 6.42 Å². The van der Waals surface area contributed by atoms with Crippen molar-refractivity contribution in [3.05, 3.63) is 29.8 Å². The van der Waals surface area contributed by atoms with Crippen molar-refractivity contribution < 1.29 is 14.3 Å². The van der Waals surface area contributed by atoms with Crippen LogP contribution in [-0.4, -0.2) is 25.9 Å². The van der Waals surface area contributed by atoms with Crippen LogP contribution >= 0.6 is 0 Å². The average Bonchev–Trinajstić information content (AvgIpc) is 2.43. The fourth-order valence-electron chi connectivity index (χ4n) is 1.59. The molecule has 0 aliphatic carbocycles. The number of carbonyl (C=O) groups excluding carboxylic acids is 2. The summed E-state index contributed by atoms with van der Waals surface area (Å²) < 4.78 is 4.56. The third kappa shape index (κ3) is 5.48. The summed E-state index contributed by atoms with van der Waals surface area (Å²) >= 11 is 0. The summed E-state index contributed by atoms with van der Waals surface area (Å²) in [5.41, 5.74) is 1.69. The topological polar surface area (TPSA) is 55.4 Å². The number of rotatable bonds is 8. The smallest absolute Gasteiger partial charge is 0.305 e. The molecule has 0 aliphatic heterocycles. The van der Waals surface area contributed by atoms with Crippen LogP contribution in [0.2, 0.25) is 0 Å². The minimum atomic E-state index is -0.146. The van der Waals surface area contributed by atoms with Gasteiger partial charge in [0.05, 0.1) is 7.11 Å². The predicted molar refractivity (Wildman–Crippen MR) is 70.8 cm³/mol. The van der Waals surface area contributed by atoms with Crippen LogP contribution in [0.3, 0.4) is 0 Å². The van der Waals surface area contributed by atoms with E-state index in [1.165, 1.54) is 7.11 Å². The first kappa shape index (κ1) is 14.2. The van der Waals surface area contributed by atoms with Gasteiger partial charge in [-0.3, -0.25) is 9.59 Å². The number of esters is 1. The molecule has 1 aromatic rings. The van der Waals surface area contributed by atoms with Crippen molar-refractivity contribution >= 4 is 17.9 Å². The third-order valence-electron chi connectivity index (χ3n) is 2.66. The predicted octanol–water partition coefficient (Wildman–Crippen LogP) is 2.64. The van der Waals surface area contributed by atoms with E-state index in [1.54, 1.807) is 12.1 Å². The molecule has 0 unspecified atom stereocenters. The molecule has 0 spiro atoms. The maximum Gasteiger partial charge on any atom is 0.305 e. The van der Waals surface area contributed by atoms with Crippen molar-refractivity contribution in [3.63, 3.8) is 0 Å². The van der Waals surface area contributed by atoms with Crippen LogP contribution in [0.4, 0.5) is 5.69 Å². The number of hydrogen-bond acceptors (Lipinski definition) is 4. The minimum absolute atomic E-state index is 0.146. The summed E-state index contributed by atoms with van der Waals surface area (Å²) in [6.07, 6.45) is 4.18. The molecule has 0 saturated carbocycles. The van der Waals surface area contributed by atoms with E-state index in [0.717, 1.165) is 37.8 Å². The zero-order valence-corrected chi connectivity index (χ0v) is 10.6. The monoisotopic (exact) mass is 249 g/mol. The zero-order chi connectivity index (χ0) is 13.2. The fourth-order valence-corrected chi connectivity index (χ4v) is 1.59. The molecule has 4 nitrogen and oxygen atoms in total. The average molecular weight is 249 g/mol. The molecule has 0 saturated heterocycles. The SMILES string of the molecule is COC(=O)CCCCCNc1ccc(C=O)cc1. The molecule has 0 aliphatic rings. The van der Waals surface area contributed by atoms with Crippen LogP contribution in [0.5, 0.6) is 0 Å². The first-order valence-electron chi connectivity index (χ1n) is 6.12. The molecule has 18 heavy (non-hydrogen) atoms. The Bertz CT molecular complexity index is 373. The molecule has 1 N–H and O–H groups in total. The molecule has 4 heteroatoms. The van der Waals surface area contributed by atoms with Gasteiger partial charge in [0.1, 0.15) is 6.29 Å². The third-order valence-corrected chi connectivity index (χ3v) is 2.66. The highest BCUT2D eigenvalue weighted by molar-refractivity contribution is 5.75. The van der Waals surface area contributed by atoms with E-state index < -0.39 is 0 Å². The Balaban J connectivity index is 2.10. The normalized spacial score (nSPS) is 9.83. The number of anilines is 1. The first-order valence-corrected chi connectivity index (χ1v) is 6.12. The fraction of sp³-hybridized carbons (Fsp3) is 0.429. The second-order valence-electron chi connectivity index (χ2n) is 4.05. The van der Waals surface area contributed by atoms with Crippen LogP contribution in [-0.2, 0) is 9.53 Å². The lowest BCUT2D eigenvalue weighted by molar-refractivity contribution is -0.140. The largest absolute Gasteiger partial charge is 0.469 e. The Hall–Kier alpha value is -1.84. The van der Waals surface area contributed by atoms with E-state index in [-0.39, 0.29) is 5.97 Å². The van der Waals surface area contributed by atoms with Crippen LogP contribution in [0.15, 0.2) is 24.3 Å². The highest BCUT2D eigenvalue weighted by Gasteiger charge is 1.99. The van der Waals surface area contributed by atoms with Crippen LogP contribution in [0, 0.1) is 0 Å². The molecule has 0 heterocycles. The number of hydrogen-bond donors (Lipinski definition) is 1. The molecular weight excluding hydrogens is 230 g/mol.